The second-order valence-corrected chi connectivity index (χ2v) is 6.79. The lowest BCUT2D eigenvalue weighted by atomic mass is 10.1. The molecule has 1 heterocycles. The van der Waals surface area contributed by atoms with Crippen molar-refractivity contribution in [3.8, 4) is 0 Å². The first-order valence-electron chi connectivity index (χ1n) is 9.24. The predicted molar refractivity (Wildman–Crippen MR) is 113 cm³/mol. The molecule has 3 rings (SSSR count). The molecule has 2 aromatic carbocycles. The number of nitrogens with two attached hydrogens (primary N) is 1. The monoisotopic (exact) mass is 438 g/mol. The van der Waals surface area contributed by atoms with Gasteiger partial charge in [-0.2, -0.15) is 5.10 Å². The Morgan fingerprint density at radius 2 is 1.78 bits per heavy atom. The molecule has 12 nitrogen and oxygen atoms in total. The largest absolute Gasteiger partial charge is 0.380 e. The van der Waals surface area contributed by atoms with Gasteiger partial charge in [0.2, 0.25) is 0 Å². The van der Waals surface area contributed by atoms with Crippen LogP contribution in [0.1, 0.15) is 32.9 Å². The Bertz CT molecular complexity index is 1230. The van der Waals surface area contributed by atoms with E-state index in [4.69, 9.17) is 10.6 Å². The van der Waals surface area contributed by atoms with Crippen molar-refractivity contribution < 1.29 is 19.5 Å². The first kappa shape index (κ1) is 22.1. The molecule has 0 atom stereocenters. The number of hydrogen-bond donors (Lipinski definition) is 1. The zero-order valence-electron chi connectivity index (χ0n) is 17.1. The van der Waals surface area contributed by atoms with Crippen LogP contribution >= 0.6 is 0 Å². The first-order chi connectivity index (χ1) is 15.2. The molecule has 0 fully saturated rings. The molecule has 0 bridgehead atoms. The molecule has 0 aliphatic heterocycles. The Balaban J connectivity index is 1.73. The van der Waals surface area contributed by atoms with Crippen LogP contribution in [0, 0.1) is 34.1 Å². The van der Waals surface area contributed by atoms with Crippen LogP contribution in [0.5, 0.6) is 0 Å². The highest BCUT2D eigenvalue weighted by Crippen LogP contribution is 2.22. The number of carbonyl (C=O) groups is 1. The smallest absolute Gasteiger partial charge is 0.365 e. The van der Waals surface area contributed by atoms with Crippen LogP contribution < -0.4 is 5.73 Å². The molecule has 0 spiro atoms. The van der Waals surface area contributed by atoms with E-state index in [1.54, 1.807) is 32.0 Å². The van der Waals surface area contributed by atoms with Gasteiger partial charge in [0.05, 0.1) is 22.0 Å². The third-order valence-corrected chi connectivity index (χ3v) is 4.62. The van der Waals surface area contributed by atoms with Gasteiger partial charge in [-0.05, 0) is 43.7 Å². The zero-order valence-corrected chi connectivity index (χ0v) is 17.1. The van der Waals surface area contributed by atoms with E-state index in [0.717, 1.165) is 0 Å². The van der Waals surface area contributed by atoms with Crippen molar-refractivity contribution in [2.45, 2.75) is 20.4 Å². The summed E-state index contributed by atoms with van der Waals surface area (Å²) in [6.45, 7) is 3.38. The number of non-ortho nitro benzene ring substituents is 1. The lowest BCUT2D eigenvalue weighted by Gasteiger charge is -2.06. The van der Waals surface area contributed by atoms with Crippen LogP contribution in [-0.4, -0.2) is 31.4 Å². The van der Waals surface area contributed by atoms with Crippen LogP contribution in [-0.2, 0) is 11.4 Å². The Labute approximate surface area is 181 Å². The van der Waals surface area contributed by atoms with E-state index >= 15 is 0 Å². The fourth-order valence-corrected chi connectivity index (χ4v) is 3.03. The van der Waals surface area contributed by atoms with Gasteiger partial charge in [0.1, 0.15) is 11.4 Å². The zero-order chi connectivity index (χ0) is 23.4. The number of rotatable bonds is 7. The van der Waals surface area contributed by atoms with Gasteiger partial charge >= 0.3 is 11.7 Å². The molecule has 0 unspecified atom stereocenters. The molecule has 3 aromatic rings. The summed E-state index contributed by atoms with van der Waals surface area (Å²) in [5.41, 5.74) is 7.55. The number of oxime groups is 1. The minimum atomic E-state index is -0.768. The van der Waals surface area contributed by atoms with Crippen molar-refractivity contribution in [2.24, 2.45) is 10.9 Å². The molecule has 2 N–H and O–H groups in total. The lowest BCUT2D eigenvalue weighted by molar-refractivity contribution is -0.386. The number of carbonyl (C=O) groups excluding carboxylic acids is 1. The Morgan fingerprint density at radius 3 is 2.38 bits per heavy atom. The molecule has 1 aromatic heterocycles. The van der Waals surface area contributed by atoms with Gasteiger partial charge in [-0.1, -0.05) is 17.3 Å². The highest BCUT2D eigenvalue weighted by atomic mass is 16.7. The van der Waals surface area contributed by atoms with Crippen LogP contribution in [0.4, 0.5) is 11.4 Å². The summed E-state index contributed by atoms with van der Waals surface area (Å²) in [7, 11) is 0. The standard InChI is InChI=1S/C20H18N6O6/c1-12-18(26(30)31)13(2)24(22-12)11-14-4-3-5-16(10-14)20(27)32-23-19(21)15-6-8-17(9-7-15)25(28)29/h3-10H,11H2,1-2H3,(H2,21,23). The summed E-state index contributed by atoms with van der Waals surface area (Å²) in [6, 6.07) is 11.7. The molecule has 0 aliphatic carbocycles. The van der Waals surface area contributed by atoms with Gasteiger partial charge in [-0.25, -0.2) is 4.79 Å². The van der Waals surface area contributed by atoms with E-state index in [9.17, 15) is 25.0 Å². The number of aromatic nitrogens is 2. The number of aryl methyl sites for hydroxylation is 1. The molecular weight excluding hydrogens is 420 g/mol. The summed E-state index contributed by atoms with van der Waals surface area (Å²) in [5.74, 6) is -0.893. The SMILES string of the molecule is Cc1nn(Cc2cccc(C(=O)O/N=C(\N)c3ccc([N+](=O)[O-])cc3)c2)c(C)c1[N+](=O)[O-]. The van der Waals surface area contributed by atoms with Crippen molar-refractivity contribution in [3.63, 3.8) is 0 Å². The summed E-state index contributed by atoms with van der Waals surface area (Å²) in [5, 5.41) is 29.6. The minimum Gasteiger partial charge on any atom is -0.380 e. The minimum absolute atomic E-state index is 0.0448. The predicted octanol–water partition coefficient (Wildman–Crippen LogP) is 2.84. The molecule has 0 aliphatic rings. The summed E-state index contributed by atoms with van der Waals surface area (Å²) < 4.78 is 1.49. The van der Waals surface area contributed by atoms with E-state index in [0.29, 0.717) is 22.5 Å². The highest BCUT2D eigenvalue weighted by Gasteiger charge is 2.22. The van der Waals surface area contributed by atoms with Crippen LogP contribution in [0.2, 0.25) is 0 Å². The van der Waals surface area contributed by atoms with Gasteiger partial charge in [-0.3, -0.25) is 24.9 Å². The average Bonchev–Trinajstić information content (AvgIpc) is 3.04. The first-order valence-corrected chi connectivity index (χ1v) is 9.24. The lowest BCUT2D eigenvalue weighted by Crippen LogP contribution is -2.15. The maximum atomic E-state index is 12.4. The maximum Gasteiger partial charge on any atom is 0.365 e. The van der Waals surface area contributed by atoms with Crippen molar-refractivity contribution >= 4 is 23.2 Å². The van der Waals surface area contributed by atoms with Crippen LogP contribution in [0.15, 0.2) is 53.7 Å². The molecule has 0 saturated heterocycles. The molecule has 32 heavy (non-hydrogen) atoms. The maximum absolute atomic E-state index is 12.4. The van der Waals surface area contributed by atoms with E-state index in [1.807, 2.05) is 0 Å². The van der Waals surface area contributed by atoms with Gasteiger partial charge < -0.3 is 10.6 Å². The molecule has 12 heteroatoms. The Hall–Kier alpha value is -4.61. The van der Waals surface area contributed by atoms with Crippen LogP contribution in [0.3, 0.4) is 0 Å². The summed E-state index contributed by atoms with van der Waals surface area (Å²) >= 11 is 0. The van der Waals surface area contributed by atoms with E-state index < -0.39 is 15.8 Å². The molecule has 164 valence electrons. The van der Waals surface area contributed by atoms with Gasteiger partial charge in [0.15, 0.2) is 5.84 Å². The quantitative estimate of drug-likeness (QED) is 0.193. The fourth-order valence-electron chi connectivity index (χ4n) is 3.03. The number of benzene rings is 2. The average molecular weight is 438 g/mol. The summed E-state index contributed by atoms with van der Waals surface area (Å²) in [4.78, 5) is 38.1. The number of nitrogens with zero attached hydrogens (tertiary/aromatic N) is 5. The third-order valence-electron chi connectivity index (χ3n) is 4.62. The van der Waals surface area contributed by atoms with Gasteiger partial charge in [0, 0.05) is 17.7 Å². The topological polar surface area (TPSA) is 169 Å². The van der Waals surface area contributed by atoms with Gasteiger partial charge in [0.25, 0.3) is 5.69 Å². The number of nitro benzene ring substituents is 1. The van der Waals surface area contributed by atoms with E-state index in [1.165, 1.54) is 35.0 Å². The van der Waals surface area contributed by atoms with Gasteiger partial charge in [-0.15, -0.1) is 0 Å². The van der Waals surface area contributed by atoms with E-state index in [-0.39, 0.29) is 29.3 Å². The number of amidine groups is 1. The van der Waals surface area contributed by atoms with Crippen molar-refractivity contribution in [1.82, 2.24) is 9.78 Å². The molecular formula is C20H18N6O6. The molecule has 0 radical (unpaired) electrons. The van der Waals surface area contributed by atoms with Crippen molar-refractivity contribution in [1.29, 1.82) is 0 Å². The normalized spacial score (nSPS) is 11.2. The number of hydrogen-bond acceptors (Lipinski definition) is 8. The second kappa shape index (κ2) is 9.04. The Kier molecular flexibility index (Phi) is 6.24. The second-order valence-electron chi connectivity index (χ2n) is 6.79. The Morgan fingerprint density at radius 1 is 1.09 bits per heavy atom. The van der Waals surface area contributed by atoms with Crippen molar-refractivity contribution in [3.05, 3.63) is 96.8 Å². The third kappa shape index (κ3) is 4.75. The van der Waals surface area contributed by atoms with Crippen molar-refractivity contribution in [2.75, 3.05) is 0 Å². The number of nitro groups is 2. The molecule has 0 amide bonds. The summed E-state index contributed by atoms with van der Waals surface area (Å²) in [6.07, 6.45) is 0. The fraction of sp³-hybridized carbons (Fsp3) is 0.150. The van der Waals surface area contributed by atoms with E-state index in [2.05, 4.69) is 10.3 Å². The highest BCUT2D eigenvalue weighted by molar-refractivity contribution is 5.98. The van der Waals surface area contributed by atoms with Crippen LogP contribution in [0.25, 0.3) is 0 Å². The molecule has 0 saturated carbocycles.